The average Bonchev–Trinajstić information content (AvgIpc) is 3.36. The summed E-state index contributed by atoms with van der Waals surface area (Å²) >= 11 is 0. The normalized spacial score (nSPS) is 12.4. The molecule has 29 heavy (non-hydrogen) atoms. The largest absolute Gasteiger partial charge is 0.382 e. The van der Waals surface area contributed by atoms with Crippen molar-refractivity contribution in [3.8, 4) is 11.3 Å². The van der Waals surface area contributed by atoms with E-state index in [2.05, 4.69) is 25.1 Å². The average molecular weight is 414 g/mol. The van der Waals surface area contributed by atoms with E-state index in [0.717, 1.165) is 27.7 Å². The summed E-state index contributed by atoms with van der Waals surface area (Å²) in [5, 5.41) is 7.86. The predicted octanol–water partition coefficient (Wildman–Crippen LogP) is 2.65. The molecule has 3 heterocycles. The number of nitrogens with one attached hydrogen (secondary N) is 2. The van der Waals surface area contributed by atoms with Gasteiger partial charge in [-0.2, -0.15) is 9.40 Å². The first-order chi connectivity index (χ1) is 13.9. The molecule has 0 atom stereocenters. The second-order valence-electron chi connectivity index (χ2n) is 6.84. The Kier molecular flexibility index (Phi) is 4.97. The minimum absolute atomic E-state index is 0.115. The van der Waals surface area contributed by atoms with E-state index in [-0.39, 0.29) is 12.3 Å². The lowest BCUT2D eigenvalue weighted by atomic mass is 10.1. The SMILES string of the molecule is CCCS(=O)(=O)N(CC)Cc1nc2c(N)nc3cc(-c4cc[nH]n4)ccc3c2[nH]1. The Morgan fingerprint density at radius 2 is 2.00 bits per heavy atom. The maximum atomic E-state index is 12.4. The number of nitrogens with two attached hydrogens (primary N) is 1. The molecule has 4 N–H and O–H groups in total. The van der Waals surface area contributed by atoms with E-state index in [9.17, 15) is 8.42 Å². The molecule has 1 aromatic carbocycles. The highest BCUT2D eigenvalue weighted by atomic mass is 32.2. The van der Waals surface area contributed by atoms with Gasteiger partial charge in [0.15, 0.2) is 5.82 Å². The third-order valence-corrected chi connectivity index (χ3v) is 6.93. The predicted molar refractivity (Wildman–Crippen MR) is 114 cm³/mol. The van der Waals surface area contributed by atoms with Crippen LogP contribution in [-0.4, -0.2) is 50.2 Å². The molecule has 0 amide bonds. The number of nitrogens with zero attached hydrogens (tertiary/aromatic N) is 4. The lowest BCUT2D eigenvalue weighted by Gasteiger charge is -2.18. The van der Waals surface area contributed by atoms with Crippen LogP contribution in [0.3, 0.4) is 0 Å². The van der Waals surface area contributed by atoms with Crippen molar-refractivity contribution in [2.45, 2.75) is 26.8 Å². The van der Waals surface area contributed by atoms with E-state index in [1.54, 1.807) is 6.20 Å². The molecule has 0 fully saturated rings. The molecule has 152 valence electrons. The van der Waals surface area contributed by atoms with Gasteiger partial charge in [0.2, 0.25) is 10.0 Å². The molecule has 0 aliphatic heterocycles. The molecule has 0 unspecified atom stereocenters. The van der Waals surface area contributed by atoms with E-state index in [4.69, 9.17) is 5.73 Å². The van der Waals surface area contributed by atoms with Crippen LogP contribution in [0.25, 0.3) is 33.2 Å². The first kappa shape index (κ1) is 19.3. The molecular weight excluding hydrogens is 390 g/mol. The van der Waals surface area contributed by atoms with Crippen LogP contribution in [0.5, 0.6) is 0 Å². The van der Waals surface area contributed by atoms with Crippen molar-refractivity contribution in [3.63, 3.8) is 0 Å². The molecule has 0 radical (unpaired) electrons. The summed E-state index contributed by atoms with van der Waals surface area (Å²) in [4.78, 5) is 12.3. The van der Waals surface area contributed by atoms with Crippen molar-refractivity contribution < 1.29 is 8.42 Å². The molecule has 0 saturated heterocycles. The van der Waals surface area contributed by atoms with Crippen molar-refractivity contribution in [2.24, 2.45) is 0 Å². The molecule has 0 aliphatic rings. The first-order valence-electron chi connectivity index (χ1n) is 9.48. The lowest BCUT2D eigenvalue weighted by molar-refractivity contribution is 0.415. The van der Waals surface area contributed by atoms with Gasteiger partial charge in [0, 0.05) is 23.7 Å². The van der Waals surface area contributed by atoms with Crippen LogP contribution in [-0.2, 0) is 16.6 Å². The van der Waals surface area contributed by atoms with Gasteiger partial charge in [-0.3, -0.25) is 5.10 Å². The van der Waals surface area contributed by atoms with Crippen LogP contribution >= 0.6 is 0 Å². The number of rotatable bonds is 7. The van der Waals surface area contributed by atoms with Crippen molar-refractivity contribution in [1.29, 1.82) is 0 Å². The number of fused-ring (bicyclic) bond motifs is 3. The number of hydrogen-bond donors (Lipinski definition) is 3. The van der Waals surface area contributed by atoms with Crippen LogP contribution in [0.2, 0.25) is 0 Å². The zero-order valence-corrected chi connectivity index (χ0v) is 17.1. The minimum atomic E-state index is -3.32. The highest BCUT2D eigenvalue weighted by Gasteiger charge is 2.22. The highest BCUT2D eigenvalue weighted by molar-refractivity contribution is 7.89. The number of imidazole rings is 1. The summed E-state index contributed by atoms with van der Waals surface area (Å²) in [6.07, 6.45) is 2.33. The molecule has 0 bridgehead atoms. The second kappa shape index (κ2) is 7.45. The molecule has 0 saturated carbocycles. The van der Waals surface area contributed by atoms with Crippen LogP contribution in [0.1, 0.15) is 26.1 Å². The smallest absolute Gasteiger partial charge is 0.214 e. The van der Waals surface area contributed by atoms with Crippen molar-refractivity contribution >= 4 is 37.8 Å². The van der Waals surface area contributed by atoms with Crippen LogP contribution in [0.15, 0.2) is 30.5 Å². The van der Waals surface area contributed by atoms with Gasteiger partial charge in [-0.15, -0.1) is 0 Å². The van der Waals surface area contributed by atoms with E-state index in [0.29, 0.717) is 30.1 Å². The van der Waals surface area contributed by atoms with Crippen molar-refractivity contribution in [1.82, 2.24) is 29.5 Å². The quantitative estimate of drug-likeness (QED) is 0.426. The number of pyridine rings is 1. The third kappa shape index (κ3) is 3.56. The molecule has 4 aromatic rings. The number of H-pyrrole nitrogens is 2. The zero-order valence-electron chi connectivity index (χ0n) is 16.3. The van der Waals surface area contributed by atoms with Crippen molar-refractivity contribution in [3.05, 3.63) is 36.3 Å². The highest BCUT2D eigenvalue weighted by Crippen LogP contribution is 2.29. The van der Waals surface area contributed by atoms with Gasteiger partial charge in [-0.05, 0) is 24.6 Å². The summed E-state index contributed by atoms with van der Waals surface area (Å²) in [7, 11) is -3.32. The topological polar surface area (TPSA) is 134 Å². The van der Waals surface area contributed by atoms with Gasteiger partial charge in [0.1, 0.15) is 11.3 Å². The van der Waals surface area contributed by atoms with Crippen LogP contribution in [0, 0.1) is 0 Å². The number of hydrogen-bond acceptors (Lipinski definition) is 6. The third-order valence-electron chi connectivity index (χ3n) is 4.83. The Hall–Kier alpha value is -2.98. The van der Waals surface area contributed by atoms with Crippen LogP contribution < -0.4 is 5.73 Å². The Balaban J connectivity index is 1.77. The molecule has 10 heteroatoms. The monoisotopic (exact) mass is 413 g/mol. The van der Waals surface area contributed by atoms with Crippen molar-refractivity contribution in [2.75, 3.05) is 18.0 Å². The fourth-order valence-corrected chi connectivity index (χ4v) is 4.92. The van der Waals surface area contributed by atoms with E-state index in [1.165, 1.54) is 4.31 Å². The molecule has 4 rings (SSSR count). The number of benzene rings is 1. The number of aromatic amines is 2. The van der Waals surface area contributed by atoms with Crippen LogP contribution in [0.4, 0.5) is 5.82 Å². The van der Waals surface area contributed by atoms with Gasteiger partial charge in [-0.25, -0.2) is 18.4 Å². The molecule has 0 spiro atoms. The summed E-state index contributed by atoms with van der Waals surface area (Å²) in [5.74, 6) is 0.955. The van der Waals surface area contributed by atoms with Gasteiger partial charge in [0.25, 0.3) is 0 Å². The number of aromatic nitrogens is 5. The Morgan fingerprint density at radius 1 is 1.17 bits per heavy atom. The Morgan fingerprint density at radius 3 is 2.69 bits per heavy atom. The first-order valence-corrected chi connectivity index (χ1v) is 11.1. The molecule has 0 aliphatic carbocycles. The van der Waals surface area contributed by atoms with Gasteiger partial charge in [0.05, 0.1) is 29.0 Å². The number of anilines is 1. The standard InChI is InChI=1S/C19H23N7O2S/c1-3-9-29(27,28)26(4-2)11-16-23-17-13-6-5-12(14-7-8-21-25-14)10-15(13)22-19(20)18(17)24-16/h5-8,10H,3-4,9,11H2,1-2H3,(H2,20,22)(H,21,25)(H,23,24). The van der Waals surface area contributed by atoms with Gasteiger partial charge >= 0.3 is 0 Å². The number of nitrogen functional groups attached to an aromatic ring is 1. The second-order valence-corrected chi connectivity index (χ2v) is 8.93. The van der Waals surface area contributed by atoms with Gasteiger partial charge < -0.3 is 10.7 Å². The van der Waals surface area contributed by atoms with E-state index < -0.39 is 10.0 Å². The molecule has 9 nitrogen and oxygen atoms in total. The lowest BCUT2D eigenvalue weighted by Crippen LogP contribution is -2.32. The fraction of sp³-hybridized carbons (Fsp3) is 0.316. The van der Waals surface area contributed by atoms with Gasteiger partial charge in [-0.1, -0.05) is 19.9 Å². The maximum Gasteiger partial charge on any atom is 0.214 e. The molecular formula is C19H23N7O2S. The fourth-order valence-electron chi connectivity index (χ4n) is 3.44. The maximum absolute atomic E-state index is 12.4. The summed E-state index contributed by atoms with van der Waals surface area (Å²) in [6, 6.07) is 7.71. The zero-order chi connectivity index (χ0) is 20.6. The van der Waals surface area contributed by atoms with E-state index in [1.807, 2.05) is 38.1 Å². The summed E-state index contributed by atoms with van der Waals surface area (Å²) in [5.41, 5.74) is 9.91. The molecule has 3 aromatic heterocycles. The Labute approximate surface area is 168 Å². The van der Waals surface area contributed by atoms with E-state index >= 15 is 0 Å². The Bertz CT molecular complexity index is 1260. The summed E-state index contributed by atoms with van der Waals surface area (Å²) in [6.45, 7) is 4.21. The summed E-state index contributed by atoms with van der Waals surface area (Å²) < 4.78 is 26.3. The number of sulfonamides is 1. The minimum Gasteiger partial charge on any atom is -0.382 e.